The second-order valence-electron chi connectivity index (χ2n) is 8.46. The summed E-state index contributed by atoms with van der Waals surface area (Å²) in [6, 6.07) is 19.1. The molecule has 2 aromatic rings. The van der Waals surface area contributed by atoms with Gasteiger partial charge in [0.2, 0.25) is 5.91 Å². The van der Waals surface area contributed by atoms with Crippen LogP contribution in [0.1, 0.15) is 30.7 Å². The van der Waals surface area contributed by atoms with E-state index in [0.29, 0.717) is 30.3 Å². The first-order chi connectivity index (χ1) is 14.5. The third-order valence-electron chi connectivity index (χ3n) is 6.59. The predicted molar refractivity (Wildman–Crippen MR) is 118 cm³/mol. The molecule has 4 rings (SSSR count). The molecule has 0 bridgehead atoms. The Hall–Kier alpha value is -2.18. The third-order valence-corrected chi connectivity index (χ3v) is 8.36. The number of piperidine rings is 1. The minimum absolute atomic E-state index is 0.0721. The molecule has 0 saturated carbocycles. The molecule has 2 saturated heterocycles. The molecule has 2 fully saturated rings. The van der Waals surface area contributed by atoms with E-state index in [4.69, 9.17) is 0 Å². The number of amides is 1. The van der Waals surface area contributed by atoms with Gasteiger partial charge in [-0.3, -0.25) is 4.79 Å². The fourth-order valence-corrected chi connectivity index (χ4v) is 6.19. The van der Waals surface area contributed by atoms with Crippen molar-refractivity contribution in [2.75, 3.05) is 31.9 Å². The number of sulfone groups is 1. The third kappa shape index (κ3) is 4.76. The van der Waals surface area contributed by atoms with E-state index in [1.54, 1.807) is 24.3 Å². The molecule has 0 spiro atoms. The first-order valence-electron chi connectivity index (χ1n) is 10.9. The molecular weight excluding hydrogens is 396 g/mol. The van der Waals surface area contributed by atoms with Crippen molar-refractivity contribution >= 4 is 15.7 Å². The zero-order chi connectivity index (χ0) is 21.0. The van der Waals surface area contributed by atoms with Crippen molar-refractivity contribution in [3.05, 3.63) is 66.2 Å². The summed E-state index contributed by atoms with van der Waals surface area (Å²) in [5, 5.41) is 3.31. The van der Waals surface area contributed by atoms with Gasteiger partial charge in [-0.1, -0.05) is 48.5 Å². The molecule has 0 radical (unpaired) electrons. The van der Waals surface area contributed by atoms with Crippen LogP contribution in [0.5, 0.6) is 0 Å². The molecule has 1 amide bonds. The summed E-state index contributed by atoms with van der Waals surface area (Å²) in [5.74, 6) is 0.743. The van der Waals surface area contributed by atoms with Crippen LogP contribution in [0.15, 0.2) is 65.6 Å². The first-order valence-corrected chi connectivity index (χ1v) is 12.5. The van der Waals surface area contributed by atoms with Crippen molar-refractivity contribution in [3.63, 3.8) is 0 Å². The lowest BCUT2D eigenvalue weighted by atomic mass is 9.87. The molecule has 2 atom stereocenters. The van der Waals surface area contributed by atoms with Gasteiger partial charge in [-0.25, -0.2) is 8.42 Å². The van der Waals surface area contributed by atoms with Gasteiger partial charge >= 0.3 is 0 Å². The Morgan fingerprint density at radius 1 is 0.933 bits per heavy atom. The Kier molecular flexibility index (Phi) is 6.54. The molecule has 2 aliphatic rings. The number of likely N-dealkylation sites (tertiary alicyclic amines) is 1. The van der Waals surface area contributed by atoms with Gasteiger partial charge in [0.15, 0.2) is 9.84 Å². The Morgan fingerprint density at radius 2 is 1.57 bits per heavy atom. The van der Waals surface area contributed by atoms with Gasteiger partial charge in [0, 0.05) is 19.6 Å². The lowest BCUT2D eigenvalue weighted by Gasteiger charge is -2.34. The smallest absolute Gasteiger partial charge is 0.227 e. The van der Waals surface area contributed by atoms with Crippen molar-refractivity contribution in [1.82, 2.24) is 10.2 Å². The molecule has 2 aromatic carbocycles. The van der Waals surface area contributed by atoms with Crippen LogP contribution in [-0.4, -0.2) is 51.2 Å². The van der Waals surface area contributed by atoms with Crippen LogP contribution < -0.4 is 5.32 Å². The molecule has 0 aromatic heterocycles. The molecule has 6 heteroatoms. The van der Waals surface area contributed by atoms with Crippen molar-refractivity contribution in [3.8, 4) is 0 Å². The summed E-state index contributed by atoms with van der Waals surface area (Å²) in [5.41, 5.74) is 1.36. The van der Waals surface area contributed by atoms with Gasteiger partial charge in [-0.05, 0) is 55.3 Å². The van der Waals surface area contributed by atoms with Crippen molar-refractivity contribution in [2.24, 2.45) is 11.8 Å². The van der Waals surface area contributed by atoms with Gasteiger partial charge < -0.3 is 10.2 Å². The number of hydrogen-bond donors (Lipinski definition) is 1. The standard InChI is InChI=1S/C24H30N2O3S/c27-24(26-14-11-20(12-15-26)19-7-3-1-4-8-19)23-18-25-17-21(23)13-16-30(28,29)22-9-5-2-6-10-22/h1-10,20-21,23,25H,11-18H2/t21-,23+/m0/s1. The highest BCUT2D eigenvalue weighted by Crippen LogP contribution is 2.30. The zero-order valence-electron chi connectivity index (χ0n) is 17.2. The van der Waals surface area contributed by atoms with Gasteiger partial charge in [0.25, 0.3) is 0 Å². The largest absolute Gasteiger partial charge is 0.342 e. The molecule has 160 valence electrons. The van der Waals surface area contributed by atoms with E-state index in [9.17, 15) is 13.2 Å². The van der Waals surface area contributed by atoms with Crippen molar-refractivity contribution < 1.29 is 13.2 Å². The van der Waals surface area contributed by atoms with Crippen molar-refractivity contribution in [1.29, 1.82) is 0 Å². The van der Waals surface area contributed by atoms with Crippen LogP contribution in [-0.2, 0) is 14.6 Å². The summed E-state index contributed by atoms with van der Waals surface area (Å²) in [6.45, 7) is 2.92. The molecule has 0 unspecified atom stereocenters. The van der Waals surface area contributed by atoms with Crippen LogP contribution >= 0.6 is 0 Å². The minimum Gasteiger partial charge on any atom is -0.342 e. The van der Waals surface area contributed by atoms with Crippen molar-refractivity contribution in [2.45, 2.75) is 30.1 Å². The topological polar surface area (TPSA) is 66.5 Å². The summed E-state index contributed by atoms with van der Waals surface area (Å²) < 4.78 is 25.2. The Bertz CT molecular complexity index is 939. The molecule has 30 heavy (non-hydrogen) atoms. The zero-order valence-corrected chi connectivity index (χ0v) is 18.1. The van der Waals surface area contributed by atoms with E-state index in [0.717, 1.165) is 25.9 Å². The lowest BCUT2D eigenvalue weighted by molar-refractivity contribution is -0.137. The lowest BCUT2D eigenvalue weighted by Crippen LogP contribution is -2.43. The highest BCUT2D eigenvalue weighted by molar-refractivity contribution is 7.91. The fraction of sp³-hybridized carbons (Fsp3) is 0.458. The van der Waals surface area contributed by atoms with E-state index < -0.39 is 9.84 Å². The maximum atomic E-state index is 13.2. The van der Waals surface area contributed by atoms with Crippen LogP contribution in [0.4, 0.5) is 0 Å². The summed E-state index contributed by atoms with van der Waals surface area (Å²) in [7, 11) is -3.31. The van der Waals surface area contributed by atoms with Gasteiger partial charge in [-0.2, -0.15) is 0 Å². The summed E-state index contributed by atoms with van der Waals surface area (Å²) in [4.78, 5) is 15.5. The van der Waals surface area contributed by atoms with Gasteiger partial charge in [0.05, 0.1) is 16.6 Å². The Balaban J connectivity index is 1.33. The quantitative estimate of drug-likeness (QED) is 0.771. The molecule has 5 nitrogen and oxygen atoms in total. The van der Waals surface area contributed by atoms with E-state index in [2.05, 4.69) is 29.6 Å². The second kappa shape index (κ2) is 9.31. The Labute approximate surface area is 179 Å². The number of carbonyl (C=O) groups is 1. The maximum Gasteiger partial charge on any atom is 0.227 e. The second-order valence-corrected chi connectivity index (χ2v) is 10.6. The van der Waals surface area contributed by atoms with E-state index >= 15 is 0 Å². The monoisotopic (exact) mass is 426 g/mol. The number of nitrogens with one attached hydrogen (secondary N) is 1. The van der Waals surface area contributed by atoms with E-state index in [1.165, 1.54) is 5.56 Å². The molecule has 0 aliphatic carbocycles. The van der Waals surface area contributed by atoms with E-state index in [1.807, 2.05) is 17.0 Å². The van der Waals surface area contributed by atoms with Gasteiger partial charge in [-0.15, -0.1) is 0 Å². The summed E-state index contributed by atoms with van der Waals surface area (Å²) >= 11 is 0. The SMILES string of the molecule is O=C([C@@H]1CNC[C@@H]1CCS(=O)(=O)c1ccccc1)N1CCC(c2ccccc2)CC1. The number of carbonyl (C=O) groups excluding carboxylic acids is 1. The maximum absolute atomic E-state index is 13.2. The summed E-state index contributed by atoms with van der Waals surface area (Å²) in [6.07, 6.45) is 2.49. The van der Waals surface area contributed by atoms with Crippen LogP contribution in [0.2, 0.25) is 0 Å². The number of hydrogen-bond acceptors (Lipinski definition) is 4. The van der Waals surface area contributed by atoms with Crippen LogP contribution in [0, 0.1) is 11.8 Å². The van der Waals surface area contributed by atoms with Gasteiger partial charge in [0.1, 0.15) is 0 Å². The normalized spacial score (nSPS) is 22.9. The fourth-order valence-electron chi connectivity index (χ4n) is 4.77. The van der Waals surface area contributed by atoms with Crippen LogP contribution in [0.25, 0.3) is 0 Å². The average Bonchev–Trinajstić information content (AvgIpc) is 3.27. The molecule has 1 N–H and O–H groups in total. The van der Waals surface area contributed by atoms with E-state index in [-0.39, 0.29) is 23.5 Å². The number of benzene rings is 2. The number of rotatable bonds is 6. The predicted octanol–water partition coefficient (Wildman–Crippen LogP) is 3.09. The number of nitrogens with zero attached hydrogens (tertiary/aromatic N) is 1. The minimum atomic E-state index is -3.31. The first kappa shape index (κ1) is 21.1. The molecular formula is C24H30N2O3S. The Morgan fingerprint density at radius 3 is 2.23 bits per heavy atom. The highest BCUT2D eigenvalue weighted by Gasteiger charge is 2.37. The van der Waals surface area contributed by atoms with Crippen LogP contribution in [0.3, 0.4) is 0 Å². The highest BCUT2D eigenvalue weighted by atomic mass is 32.2. The molecule has 2 heterocycles. The average molecular weight is 427 g/mol. The molecule has 2 aliphatic heterocycles.